The molecule has 2 heterocycles. The molecule has 0 fully saturated rings. The van der Waals surface area contributed by atoms with Crippen molar-refractivity contribution in [2.45, 2.75) is 5.16 Å². The lowest BCUT2D eigenvalue weighted by Crippen LogP contribution is -2.18. The summed E-state index contributed by atoms with van der Waals surface area (Å²) in [6.07, 6.45) is 0. The standard InChI is InChI=1S/C20H13ClN4S/c21-17-9-7-14(8-10-17)19-22-23-20-25(19)24-18(12-26-20)16-6-5-13-3-1-2-4-15(13)11-16/h1-12,24H. The van der Waals surface area contributed by atoms with Crippen LogP contribution in [0.4, 0.5) is 0 Å². The first-order valence-electron chi connectivity index (χ1n) is 8.12. The molecule has 0 aliphatic carbocycles. The molecule has 0 saturated carbocycles. The number of fused-ring (bicyclic) bond motifs is 2. The number of halogens is 1. The number of hydrogen-bond donors (Lipinski definition) is 1. The lowest BCUT2D eigenvalue weighted by Gasteiger charge is -2.19. The number of nitrogens with one attached hydrogen (secondary N) is 1. The summed E-state index contributed by atoms with van der Waals surface area (Å²) in [5, 5.41) is 14.6. The molecule has 126 valence electrons. The minimum Gasteiger partial charge on any atom is -0.289 e. The minimum absolute atomic E-state index is 0.700. The fraction of sp³-hybridized carbons (Fsp3) is 0. The van der Waals surface area contributed by atoms with E-state index in [1.165, 1.54) is 10.8 Å². The van der Waals surface area contributed by atoms with Crippen molar-refractivity contribution >= 4 is 39.8 Å². The molecule has 1 aliphatic heterocycles. The molecule has 0 atom stereocenters. The minimum atomic E-state index is 0.700. The Hall–Kier alpha value is -2.76. The van der Waals surface area contributed by atoms with Crippen LogP contribution in [-0.4, -0.2) is 14.9 Å². The SMILES string of the molecule is Clc1ccc(-c2nnc3n2NC(c2ccc4ccccc4c2)=CS3)cc1. The highest BCUT2D eigenvalue weighted by Gasteiger charge is 2.19. The van der Waals surface area contributed by atoms with Crippen LogP contribution >= 0.6 is 23.4 Å². The van der Waals surface area contributed by atoms with Crippen molar-refractivity contribution in [3.8, 4) is 11.4 Å². The Balaban J connectivity index is 1.52. The summed E-state index contributed by atoms with van der Waals surface area (Å²) in [5.41, 5.74) is 6.54. The van der Waals surface area contributed by atoms with Gasteiger partial charge in [0.25, 0.3) is 0 Å². The molecule has 0 spiro atoms. The fourth-order valence-electron chi connectivity index (χ4n) is 2.98. The monoisotopic (exact) mass is 376 g/mol. The molecular formula is C20H13ClN4S. The summed E-state index contributed by atoms with van der Waals surface area (Å²) in [6.45, 7) is 0. The van der Waals surface area contributed by atoms with Crippen LogP contribution in [0, 0.1) is 0 Å². The number of thioether (sulfide) groups is 1. The van der Waals surface area contributed by atoms with E-state index in [1.807, 2.05) is 28.9 Å². The second-order valence-corrected chi connectivity index (χ2v) is 7.24. The maximum atomic E-state index is 6.00. The highest BCUT2D eigenvalue weighted by molar-refractivity contribution is 8.02. The first-order chi connectivity index (χ1) is 12.8. The van der Waals surface area contributed by atoms with Gasteiger partial charge in [-0.05, 0) is 41.1 Å². The van der Waals surface area contributed by atoms with Crippen molar-refractivity contribution in [2.75, 3.05) is 5.43 Å². The molecule has 0 amide bonds. The Kier molecular flexibility index (Phi) is 3.69. The van der Waals surface area contributed by atoms with Crippen LogP contribution in [0.1, 0.15) is 5.56 Å². The van der Waals surface area contributed by atoms with E-state index in [2.05, 4.69) is 63.5 Å². The van der Waals surface area contributed by atoms with Crippen molar-refractivity contribution in [1.82, 2.24) is 14.9 Å². The molecule has 4 aromatic rings. The zero-order valence-corrected chi connectivity index (χ0v) is 15.1. The molecule has 1 N–H and O–H groups in total. The predicted octanol–water partition coefficient (Wildman–Crippen LogP) is 5.40. The summed E-state index contributed by atoms with van der Waals surface area (Å²) in [6, 6.07) is 22.4. The topological polar surface area (TPSA) is 42.7 Å². The van der Waals surface area contributed by atoms with Crippen molar-refractivity contribution in [3.63, 3.8) is 0 Å². The molecule has 0 saturated heterocycles. The van der Waals surface area contributed by atoms with Crippen LogP contribution in [0.15, 0.2) is 77.3 Å². The summed E-state index contributed by atoms with van der Waals surface area (Å²) in [4.78, 5) is 0. The van der Waals surface area contributed by atoms with E-state index >= 15 is 0 Å². The van der Waals surface area contributed by atoms with E-state index in [9.17, 15) is 0 Å². The van der Waals surface area contributed by atoms with Crippen molar-refractivity contribution in [3.05, 3.63) is 82.7 Å². The number of hydrogen-bond acceptors (Lipinski definition) is 4. The number of benzene rings is 3. The first-order valence-corrected chi connectivity index (χ1v) is 9.38. The Morgan fingerprint density at radius 3 is 2.46 bits per heavy atom. The second kappa shape index (κ2) is 6.20. The number of aromatic nitrogens is 3. The van der Waals surface area contributed by atoms with Crippen LogP contribution in [0.2, 0.25) is 5.02 Å². The van der Waals surface area contributed by atoms with Crippen molar-refractivity contribution in [1.29, 1.82) is 0 Å². The molecule has 5 rings (SSSR count). The molecule has 0 radical (unpaired) electrons. The van der Waals surface area contributed by atoms with Gasteiger partial charge in [0.05, 0.1) is 5.70 Å². The number of rotatable bonds is 2. The van der Waals surface area contributed by atoms with Gasteiger partial charge >= 0.3 is 0 Å². The van der Waals surface area contributed by atoms with Crippen LogP contribution in [0.25, 0.3) is 27.9 Å². The Morgan fingerprint density at radius 1 is 0.846 bits per heavy atom. The zero-order valence-electron chi connectivity index (χ0n) is 13.6. The van der Waals surface area contributed by atoms with E-state index in [4.69, 9.17) is 11.6 Å². The molecule has 0 unspecified atom stereocenters. The van der Waals surface area contributed by atoms with E-state index < -0.39 is 0 Å². The molecular weight excluding hydrogens is 364 g/mol. The van der Waals surface area contributed by atoms with Crippen LogP contribution in [0.5, 0.6) is 0 Å². The maximum absolute atomic E-state index is 6.00. The van der Waals surface area contributed by atoms with Gasteiger partial charge in [-0.15, -0.1) is 10.2 Å². The Morgan fingerprint density at radius 2 is 1.62 bits per heavy atom. The summed E-state index contributed by atoms with van der Waals surface area (Å²) < 4.78 is 1.92. The smallest absolute Gasteiger partial charge is 0.214 e. The number of nitrogens with zero attached hydrogens (tertiary/aromatic N) is 3. The first kappa shape index (κ1) is 15.5. The van der Waals surface area contributed by atoms with E-state index in [0.29, 0.717) is 5.02 Å². The lowest BCUT2D eigenvalue weighted by molar-refractivity contribution is 0.826. The second-order valence-electron chi connectivity index (χ2n) is 5.97. The van der Waals surface area contributed by atoms with Gasteiger partial charge in [0, 0.05) is 21.6 Å². The third-order valence-corrected chi connectivity index (χ3v) is 5.39. The van der Waals surface area contributed by atoms with Gasteiger partial charge < -0.3 is 0 Å². The predicted molar refractivity (Wildman–Crippen MR) is 108 cm³/mol. The van der Waals surface area contributed by atoms with E-state index in [0.717, 1.165) is 27.8 Å². The van der Waals surface area contributed by atoms with Gasteiger partial charge in [0.1, 0.15) is 0 Å². The zero-order chi connectivity index (χ0) is 17.5. The quantitative estimate of drug-likeness (QED) is 0.508. The van der Waals surface area contributed by atoms with Gasteiger partial charge in [-0.2, -0.15) is 0 Å². The van der Waals surface area contributed by atoms with Gasteiger partial charge in [-0.25, -0.2) is 4.68 Å². The molecule has 6 heteroatoms. The highest BCUT2D eigenvalue weighted by Crippen LogP contribution is 2.32. The van der Waals surface area contributed by atoms with Crippen molar-refractivity contribution < 1.29 is 0 Å². The Bertz CT molecular complexity index is 1150. The normalized spacial score (nSPS) is 13.2. The maximum Gasteiger partial charge on any atom is 0.214 e. The van der Waals surface area contributed by atoms with E-state index in [-0.39, 0.29) is 0 Å². The Labute approximate surface area is 159 Å². The van der Waals surface area contributed by atoms with Gasteiger partial charge in [0.15, 0.2) is 5.82 Å². The molecule has 3 aromatic carbocycles. The average molecular weight is 377 g/mol. The van der Waals surface area contributed by atoms with Crippen LogP contribution < -0.4 is 5.43 Å². The van der Waals surface area contributed by atoms with Crippen LogP contribution in [-0.2, 0) is 0 Å². The van der Waals surface area contributed by atoms with Crippen LogP contribution in [0.3, 0.4) is 0 Å². The molecule has 1 aliphatic rings. The summed E-state index contributed by atoms with van der Waals surface area (Å²) >= 11 is 7.55. The third kappa shape index (κ3) is 2.66. The summed E-state index contributed by atoms with van der Waals surface area (Å²) in [5.74, 6) is 0.760. The average Bonchev–Trinajstić information content (AvgIpc) is 3.11. The van der Waals surface area contributed by atoms with E-state index in [1.54, 1.807) is 11.8 Å². The molecule has 0 bridgehead atoms. The lowest BCUT2D eigenvalue weighted by atomic mass is 10.1. The fourth-order valence-corrected chi connectivity index (χ4v) is 3.84. The molecule has 4 nitrogen and oxygen atoms in total. The highest BCUT2D eigenvalue weighted by atomic mass is 35.5. The molecule has 1 aromatic heterocycles. The van der Waals surface area contributed by atoms with Crippen molar-refractivity contribution in [2.24, 2.45) is 0 Å². The molecule has 26 heavy (non-hydrogen) atoms. The van der Waals surface area contributed by atoms with Gasteiger partial charge in [-0.3, -0.25) is 5.43 Å². The van der Waals surface area contributed by atoms with Gasteiger partial charge in [0.2, 0.25) is 5.16 Å². The largest absolute Gasteiger partial charge is 0.289 e. The summed E-state index contributed by atoms with van der Waals surface area (Å²) in [7, 11) is 0. The van der Waals surface area contributed by atoms with Gasteiger partial charge in [-0.1, -0.05) is 59.8 Å². The third-order valence-electron chi connectivity index (χ3n) is 4.31.